The molecule has 1 aromatic carbocycles. The van der Waals surface area contributed by atoms with Crippen LogP contribution in [-0.4, -0.2) is 35.4 Å². The van der Waals surface area contributed by atoms with E-state index in [0.29, 0.717) is 18.7 Å². The summed E-state index contributed by atoms with van der Waals surface area (Å²) in [5, 5.41) is 3.27. The molecular formula is C17H18FN3O. The van der Waals surface area contributed by atoms with Gasteiger partial charge in [0.25, 0.3) is 5.91 Å². The molecule has 1 atom stereocenters. The van der Waals surface area contributed by atoms with E-state index in [-0.39, 0.29) is 17.8 Å². The van der Waals surface area contributed by atoms with Gasteiger partial charge in [0.1, 0.15) is 5.82 Å². The van der Waals surface area contributed by atoms with Gasteiger partial charge in [-0.2, -0.15) is 0 Å². The lowest BCUT2D eigenvalue weighted by Gasteiger charge is -2.36. The van der Waals surface area contributed by atoms with Crippen molar-refractivity contribution < 1.29 is 9.18 Å². The standard InChI is InChI=1S/C17H18FN3O/c1-12-5-6-19-10-15(12)17(22)21-8-7-20-11-16(21)13-3-2-4-14(18)9-13/h2-6,9-10,16,20H,7-8,11H2,1H3. The second-order valence-electron chi connectivity index (χ2n) is 5.46. The predicted octanol–water partition coefficient (Wildman–Crippen LogP) is 2.32. The van der Waals surface area contributed by atoms with Crippen LogP contribution in [0.4, 0.5) is 4.39 Å². The third-order valence-electron chi connectivity index (χ3n) is 4.01. The van der Waals surface area contributed by atoms with E-state index in [1.807, 2.05) is 19.1 Å². The molecule has 1 amide bonds. The van der Waals surface area contributed by atoms with E-state index in [9.17, 15) is 9.18 Å². The van der Waals surface area contributed by atoms with Crippen molar-refractivity contribution in [3.05, 3.63) is 65.2 Å². The monoisotopic (exact) mass is 299 g/mol. The molecule has 1 aliphatic heterocycles. The summed E-state index contributed by atoms with van der Waals surface area (Å²) in [4.78, 5) is 18.7. The maximum absolute atomic E-state index is 13.5. The molecule has 1 aliphatic rings. The number of halogens is 1. The highest BCUT2D eigenvalue weighted by atomic mass is 19.1. The van der Waals surface area contributed by atoms with Crippen molar-refractivity contribution in [3.63, 3.8) is 0 Å². The van der Waals surface area contributed by atoms with Crippen molar-refractivity contribution in [3.8, 4) is 0 Å². The zero-order valence-electron chi connectivity index (χ0n) is 12.4. The molecule has 114 valence electrons. The van der Waals surface area contributed by atoms with Crippen LogP contribution >= 0.6 is 0 Å². The van der Waals surface area contributed by atoms with Crippen molar-refractivity contribution in [1.82, 2.24) is 15.2 Å². The Morgan fingerprint density at radius 1 is 1.41 bits per heavy atom. The number of carbonyl (C=O) groups excluding carboxylic acids is 1. The molecule has 2 aromatic rings. The number of rotatable bonds is 2. The van der Waals surface area contributed by atoms with Crippen LogP contribution in [0.25, 0.3) is 0 Å². The smallest absolute Gasteiger partial charge is 0.256 e. The Bertz CT molecular complexity index is 689. The first-order valence-electron chi connectivity index (χ1n) is 7.34. The summed E-state index contributed by atoms with van der Waals surface area (Å²) in [5.74, 6) is -0.339. The van der Waals surface area contributed by atoms with Gasteiger partial charge in [-0.25, -0.2) is 4.39 Å². The number of nitrogens with one attached hydrogen (secondary N) is 1. The zero-order chi connectivity index (χ0) is 15.5. The average Bonchev–Trinajstić information content (AvgIpc) is 2.55. The fourth-order valence-corrected chi connectivity index (χ4v) is 2.80. The van der Waals surface area contributed by atoms with Gasteiger partial charge in [0.05, 0.1) is 11.6 Å². The van der Waals surface area contributed by atoms with Gasteiger partial charge in [-0.05, 0) is 36.2 Å². The first-order chi connectivity index (χ1) is 10.7. The molecule has 4 nitrogen and oxygen atoms in total. The fraction of sp³-hybridized carbons (Fsp3) is 0.294. The topological polar surface area (TPSA) is 45.2 Å². The van der Waals surface area contributed by atoms with Gasteiger partial charge < -0.3 is 10.2 Å². The molecule has 2 heterocycles. The lowest BCUT2D eigenvalue weighted by atomic mass is 10.0. The number of benzene rings is 1. The number of hydrogen-bond acceptors (Lipinski definition) is 3. The normalized spacial score (nSPS) is 18.3. The van der Waals surface area contributed by atoms with Crippen LogP contribution in [0.3, 0.4) is 0 Å². The van der Waals surface area contributed by atoms with Crippen LogP contribution in [0.5, 0.6) is 0 Å². The quantitative estimate of drug-likeness (QED) is 0.925. The molecule has 3 rings (SSSR count). The number of pyridine rings is 1. The molecule has 1 unspecified atom stereocenters. The fourth-order valence-electron chi connectivity index (χ4n) is 2.80. The van der Waals surface area contributed by atoms with Crippen molar-refractivity contribution in [2.75, 3.05) is 19.6 Å². The Morgan fingerprint density at radius 3 is 3.05 bits per heavy atom. The van der Waals surface area contributed by atoms with Gasteiger partial charge in [-0.15, -0.1) is 0 Å². The van der Waals surface area contributed by atoms with Gasteiger partial charge in [0.2, 0.25) is 0 Å². The van der Waals surface area contributed by atoms with E-state index in [0.717, 1.165) is 17.7 Å². The maximum atomic E-state index is 13.5. The van der Waals surface area contributed by atoms with Crippen LogP contribution in [0.1, 0.15) is 27.5 Å². The molecule has 1 saturated heterocycles. The highest BCUT2D eigenvalue weighted by Crippen LogP contribution is 2.25. The highest BCUT2D eigenvalue weighted by molar-refractivity contribution is 5.95. The number of amides is 1. The van der Waals surface area contributed by atoms with E-state index < -0.39 is 0 Å². The largest absolute Gasteiger partial charge is 0.329 e. The van der Waals surface area contributed by atoms with E-state index in [1.165, 1.54) is 12.1 Å². The molecule has 0 aliphatic carbocycles. The van der Waals surface area contributed by atoms with E-state index in [1.54, 1.807) is 23.4 Å². The summed E-state index contributed by atoms with van der Waals surface area (Å²) in [5.41, 5.74) is 2.31. The number of nitrogens with zero attached hydrogens (tertiary/aromatic N) is 2. The summed E-state index contributed by atoms with van der Waals surface area (Å²) in [6.45, 7) is 3.84. The first-order valence-corrected chi connectivity index (χ1v) is 7.34. The van der Waals surface area contributed by atoms with Crippen LogP contribution in [0.15, 0.2) is 42.7 Å². The average molecular weight is 299 g/mol. The lowest BCUT2D eigenvalue weighted by molar-refractivity contribution is 0.0632. The molecule has 1 aromatic heterocycles. The summed E-state index contributed by atoms with van der Waals surface area (Å²) in [6, 6.07) is 8.10. The van der Waals surface area contributed by atoms with Crippen molar-refractivity contribution in [1.29, 1.82) is 0 Å². The lowest BCUT2D eigenvalue weighted by Crippen LogP contribution is -2.48. The first kappa shape index (κ1) is 14.7. The third kappa shape index (κ3) is 2.85. The Kier molecular flexibility index (Phi) is 4.15. The highest BCUT2D eigenvalue weighted by Gasteiger charge is 2.29. The Morgan fingerprint density at radius 2 is 2.27 bits per heavy atom. The van der Waals surface area contributed by atoms with Crippen molar-refractivity contribution in [2.24, 2.45) is 0 Å². The van der Waals surface area contributed by atoms with Crippen molar-refractivity contribution in [2.45, 2.75) is 13.0 Å². The van der Waals surface area contributed by atoms with Gasteiger partial charge in [-0.1, -0.05) is 12.1 Å². The maximum Gasteiger partial charge on any atom is 0.256 e. The number of piperazine rings is 1. The molecule has 0 bridgehead atoms. The van der Waals surface area contributed by atoms with Gasteiger partial charge in [0, 0.05) is 32.0 Å². The second-order valence-corrected chi connectivity index (χ2v) is 5.46. The van der Waals surface area contributed by atoms with E-state index in [2.05, 4.69) is 10.3 Å². The van der Waals surface area contributed by atoms with E-state index >= 15 is 0 Å². The van der Waals surface area contributed by atoms with Gasteiger partial charge in [-0.3, -0.25) is 9.78 Å². The second kappa shape index (κ2) is 6.23. The van der Waals surface area contributed by atoms with E-state index in [4.69, 9.17) is 0 Å². The number of aryl methyl sites for hydroxylation is 1. The summed E-state index contributed by atoms with van der Waals surface area (Å²) in [7, 11) is 0. The van der Waals surface area contributed by atoms with Crippen molar-refractivity contribution >= 4 is 5.91 Å². The number of carbonyl (C=O) groups is 1. The zero-order valence-corrected chi connectivity index (χ0v) is 12.4. The SMILES string of the molecule is Cc1ccncc1C(=O)N1CCNCC1c1cccc(F)c1. The Balaban J connectivity index is 1.93. The van der Waals surface area contributed by atoms with Gasteiger partial charge in [0.15, 0.2) is 0 Å². The summed E-state index contributed by atoms with van der Waals surface area (Å²) in [6.07, 6.45) is 3.27. The van der Waals surface area contributed by atoms with Crippen LogP contribution in [0, 0.1) is 12.7 Å². The molecule has 22 heavy (non-hydrogen) atoms. The minimum absolute atomic E-state index is 0.0543. The Labute approximate surface area is 129 Å². The number of aromatic nitrogens is 1. The third-order valence-corrected chi connectivity index (χ3v) is 4.01. The molecule has 0 spiro atoms. The molecule has 1 fully saturated rings. The van der Waals surface area contributed by atoms with Crippen LogP contribution < -0.4 is 5.32 Å². The molecule has 0 saturated carbocycles. The predicted molar refractivity (Wildman–Crippen MR) is 82.0 cm³/mol. The number of hydrogen-bond donors (Lipinski definition) is 1. The Hall–Kier alpha value is -2.27. The van der Waals surface area contributed by atoms with Crippen LogP contribution in [0.2, 0.25) is 0 Å². The summed E-state index contributed by atoms with van der Waals surface area (Å²) >= 11 is 0. The van der Waals surface area contributed by atoms with Gasteiger partial charge >= 0.3 is 0 Å². The minimum Gasteiger partial charge on any atom is -0.329 e. The summed E-state index contributed by atoms with van der Waals surface area (Å²) < 4.78 is 13.5. The molecule has 1 N–H and O–H groups in total. The minimum atomic E-state index is -0.284. The van der Waals surface area contributed by atoms with Crippen LogP contribution in [-0.2, 0) is 0 Å². The molecule has 5 heteroatoms. The molecule has 0 radical (unpaired) electrons. The molecular weight excluding hydrogens is 281 g/mol.